The number of benzene rings is 3. The van der Waals surface area contributed by atoms with E-state index in [1.165, 1.54) is 5.56 Å². The summed E-state index contributed by atoms with van der Waals surface area (Å²) < 4.78 is 5.56. The second-order valence-electron chi connectivity index (χ2n) is 10.4. The van der Waals surface area contributed by atoms with Gasteiger partial charge in [-0.05, 0) is 97.5 Å². The van der Waals surface area contributed by atoms with Gasteiger partial charge in [0.2, 0.25) is 5.91 Å². The van der Waals surface area contributed by atoms with Crippen molar-refractivity contribution in [1.29, 1.82) is 0 Å². The molecule has 0 aromatic heterocycles. The summed E-state index contributed by atoms with van der Waals surface area (Å²) in [4.78, 5) is 41.9. The zero-order valence-corrected chi connectivity index (χ0v) is 25.9. The van der Waals surface area contributed by atoms with Gasteiger partial charge in [0.05, 0.1) is 7.11 Å². The number of para-hydroxylation sites is 1. The minimum Gasteiger partial charge on any atom is -0.496 e. The molecule has 1 atom stereocenters. The number of rotatable bonds is 12. The van der Waals surface area contributed by atoms with E-state index in [1.807, 2.05) is 65.8 Å². The van der Waals surface area contributed by atoms with E-state index < -0.39 is 12.1 Å². The Hall–Kier alpha value is -4.18. The van der Waals surface area contributed by atoms with Crippen molar-refractivity contribution in [3.8, 4) is 5.75 Å². The van der Waals surface area contributed by atoms with Crippen molar-refractivity contribution in [2.75, 3.05) is 37.1 Å². The molecule has 3 aromatic carbocycles. The fourth-order valence-corrected chi connectivity index (χ4v) is 5.55. The Bertz CT molecular complexity index is 1380. The summed E-state index contributed by atoms with van der Waals surface area (Å²) in [5, 5.41) is 11.4. The normalized spacial score (nSPS) is 13.0. The first-order valence-corrected chi connectivity index (χ1v) is 15.9. The second-order valence-corrected chi connectivity index (χ2v) is 11.3. The summed E-state index contributed by atoms with van der Waals surface area (Å²) in [5.74, 6) is 0.774. The number of hydrogen-bond donors (Lipinski definition) is 4. The SMILES string of the molecule is CCc1cc2c(cc1OC)CCN(C(=O)C(CCCCNC(=O)Nc1ccccc1)NC(=O)Nc1ccc(SC)cc1)C2. The number of ether oxygens (including phenoxy) is 1. The predicted molar refractivity (Wildman–Crippen MR) is 173 cm³/mol. The first kappa shape index (κ1) is 31.7. The molecule has 43 heavy (non-hydrogen) atoms. The molecule has 4 N–H and O–H groups in total. The predicted octanol–water partition coefficient (Wildman–Crippen LogP) is 6.05. The number of unbranched alkanes of at least 4 members (excludes halogenated alkanes) is 1. The quantitative estimate of drug-likeness (QED) is 0.149. The lowest BCUT2D eigenvalue weighted by atomic mass is 9.95. The minimum absolute atomic E-state index is 0.109. The number of nitrogens with zero attached hydrogens (tertiary/aromatic N) is 1. The summed E-state index contributed by atoms with van der Waals surface area (Å²) in [7, 11) is 1.68. The third-order valence-corrected chi connectivity index (χ3v) is 8.24. The fourth-order valence-electron chi connectivity index (χ4n) is 5.14. The van der Waals surface area contributed by atoms with E-state index >= 15 is 0 Å². The van der Waals surface area contributed by atoms with Crippen molar-refractivity contribution in [3.63, 3.8) is 0 Å². The highest BCUT2D eigenvalue weighted by atomic mass is 32.2. The van der Waals surface area contributed by atoms with Gasteiger partial charge in [-0.1, -0.05) is 31.2 Å². The van der Waals surface area contributed by atoms with Gasteiger partial charge in [-0.25, -0.2) is 9.59 Å². The average molecular weight is 604 g/mol. The Morgan fingerprint density at radius 3 is 2.35 bits per heavy atom. The van der Waals surface area contributed by atoms with E-state index in [1.54, 1.807) is 18.9 Å². The van der Waals surface area contributed by atoms with Gasteiger partial charge in [-0.15, -0.1) is 11.8 Å². The molecule has 0 bridgehead atoms. The number of aryl methyl sites for hydroxylation is 1. The van der Waals surface area contributed by atoms with Crippen molar-refractivity contribution in [3.05, 3.63) is 83.4 Å². The molecule has 1 unspecified atom stereocenters. The van der Waals surface area contributed by atoms with Crippen LogP contribution in [0.1, 0.15) is 42.9 Å². The van der Waals surface area contributed by atoms with Crippen LogP contribution in [-0.2, 0) is 24.2 Å². The number of anilines is 2. The second kappa shape index (κ2) is 15.9. The van der Waals surface area contributed by atoms with Gasteiger partial charge in [0.25, 0.3) is 0 Å². The largest absolute Gasteiger partial charge is 0.496 e. The smallest absolute Gasteiger partial charge is 0.319 e. The first-order valence-electron chi connectivity index (χ1n) is 14.7. The monoisotopic (exact) mass is 603 g/mol. The average Bonchev–Trinajstić information content (AvgIpc) is 3.03. The molecular weight excluding hydrogens is 562 g/mol. The van der Waals surface area contributed by atoms with Crippen LogP contribution < -0.4 is 26.0 Å². The Morgan fingerprint density at radius 1 is 0.930 bits per heavy atom. The molecule has 0 saturated carbocycles. The summed E-state index contributed by atoms with van der Waals surface area (Å²) >= 11 is 1.63. The third kappa shape index (κ3) is 9.15. The molecule has 228 valence electrons. The number of methoxy groups -OCH3 is 1. The molecule has 0 aliphatic carbocycles. The molecule has 0 saturated heterocycles. The van der Waals surface area contributed by atoms with Crippen LogP contribution in [0.15, 0.2) is 71.6 Å². The number of amides is 5. The van der Waals surface area contributed by atoms with Crippen LogP contribution in [0.5, 0.6) is 5.75 Å². The Balaban J connectivity index is 1.37. The molecule has 5 amide bonds. The zero-order valence-electron chi connectivity index (χ0n) is 25.1. The standard InChI is InChI=1S/C33H41N5O4S/c1-4-23-20-25-22-38(19-17-24(25)21-30(23)42-2)31(39)29(37-33(41)36-27-13-15-28(43-3)16-14-27)12-8-9-18-34-32(40)35-26-10-6-5-7-11-26/h5-7,10-11,13-16,20-21,29H,4,8-9,12,17-19,22H2,1-3H3,(H2,34,35,40)(H2,36,37,41). The molecule has 0 fully saturated rings. The summed E-state index contributed by atoms with van der Waals surface area (Å²) in [5.41, 5.74) is 4.79. The molecule has 9 nitrogen and oxygen atoms in total. The molecule has 4 rings (SSSR count). The highest BCUT2D eigenvalue weighted by Crippen LogP contribution is 2.29. The van der Waals surface area contributed by atoms with Crippen LogP contribution in [0, 0.1) is 0 Å². The summed E-state index contributed by atoms with van der Waals surface area (Å²) in [6, 6.07) is 19.6. The maximum absolute atomic E-state index is 13.8. The number of carbonyl (C=O) groups excluding carboxylic acids is 3. The highest BCUT2D eigenvalue weighted by molar-refractivity contribution is 7.98. The maximum atomic E-state index is 13.8. The molecule has 0 spiro atoms. The van der Waals surface area contributed by atoms with E-state index in [-0.39, 0.29) is 11.9 Å². The lowest BCUT2D eigenvalue weighted by molar-refractivity contribution is -0.134. The van der Waals surface area contributed by atoms with Crippen molar-refractivity contribution < 1.29 is 19.1 Å². The summed E-state index contributed by atoms with van der Waals surface area (Å²) in [6.45, 7) is 3.59. The summed E-state index contributed by atoms with van der Waals surface area (Å²) in [6.07, 6.45) is 5.31. The van der Waals surface area contributed by atoms with Crippen molar-refractivity contribution in [1.82, 2.24) is 15.5 Å². The van der Waals surface area contributed by atoms with E-state index in [2.05, 4.69) is 40.3 Å². The third-order valence-electron chi connectivity index (χ3n) is 7.50. The Morgan fingerprint density at radius 2 is 1.65 bits per heavy atom. The van der Waals surface area contributed by atoms with Gasteiger partial charge in [-0.2, -0.15) is 0 Å². The van der Waals surface area contributed by atoms with Gasteiger partial charge in [0, 0.05) is 35.9 Å². The van der Waals surface area contributed by atoms with E-state index in [0.29, 0.717) is 44.6 Å². The van der Waals surface area contributed by atoms with E-state index in [9.17, 15) is 14.4 Å². The van der Waals surface area contributed by atoms with Gasteiger partial charge in [0.1, 0.15) is 11.8 Å². The van der Waals surface area contributed by atoms with Crippen LogP contribution in [0.3, 0.4) is 0 Å². The van der Waals surface area contributed by atoms with Gasteiger partial charge >= 0.3 is 12.1 Å². The topological polar surface area (TPSA) is 112 Å². The van der Waals surface area contributed by atoms with Crippen molar-refractivity contribution >= 4 is 41.1 Å². The zero-order chi connectivity index (χ0) is 30.6. The molecule has 0 radical (unpaired) electrons. The molecule has 1 aliphatic rings. The van der Waals surface area contributed by atoms with Crippen LogP contribution >= 0.6 is 11.8 Å². The van der Waals surface area contributed by atoms with Gasteiger partial charge in [-0.3, -0.25) is 4.79 Å². The number of hydrogen-bond acceptors (Lipinski definition) is 5. The number of nitrogens with one attached hydrogen (secondary N) is 4. The van der Waals surface area contributed by atoms with Crippen molar-refractivity contribution in [2.45, 2.75) is 56.5 Å². The van der Waals surface area contributed by atoms with Gasteiger partial charge < -0.3 is 30.9 Å². The van der Waals surface area contributed by atoms with Crippen LogP contribution in [0.2, 0.25) is 0 Å². The first-order chi connectivity index (χ1) is 20.9. The van der Waals surface area contributed by atoms with Gasteiger partial charge in [0.15, 0.2) is 0 Å². The van der Waals surface area contributed by atoms with Crippen LogP contribution in [0.25, 0.3) is 0 Å². The maximum Gasteiger partial charge on any atom is 0.319 e. The number of urea groups is 2. The molecule has 3 aromatic rings. The number of thioether (sulfide) groups is 1. The van der Waals surface area contributed by atoms with Crippen molar-refractivity contribution in [2.24, 2.45) is 0 Å². The lowest BCUT2D eigenvalue weighted by Gasteiger charge is -2.33. The van der Waals surface area contributed by atoms with Crippen LogP contribution in [0.4, 0.5) is 21.0 Å². The lowest BCUT2D eigenvalue weighted by Crippen LogP contribution is -2.50. The molecular formula is C33H41N5O4S. The fraction of sp³-hybridized carbons (Fsp3) is 0.364. The molecule has 10 heteroatoms. The number of carbonyl (C=O) groups is 3. The Kier molecular flexibility index (Phi) is 11.7. The molecule has 1 heterocycles. The highest BCUT2D eigenvalue weighted by Gasteiger charge is 2.29. The molecule has 1 aliphatic heterocycles. The minimum atomic E-state index is -0.700. The van der Waals surface area contributed by atoms with E-state index in [0.717, 1.165) is 40.3 Å². The number of fused-ring (bicyclic) bond motifs is 1. The van der Waals surface area contributed by atoms with Crippen LogP contribution in [-0.4, -0.2) is 55.4 Å². The Labute approximate surface area is 258 Å². The van der Waals surface area contributed by atoms with E-state index in [4.69, 9.17) is 4.74 Å².